The van der Waals surface area contributed by atoms with Gasteiger partial charge in [0.2, 0.25) is 5.78 Å². The van der Waals surface area contributed by atoms with E-state index in [-0.39, 0.29) is 11.5 Å². The predicted octanol–water partition coefficient (Wildman–Crippen LogP) is 4.57. The zero-order chi connectivity index (χ0) is 22.2. The Balaban J connectivity index is 1.45. The van der Waals surface area contributed by atoms with Crippen molar-refractivity contribution in [3.63, 3.8) is 0 Å². The van der Waals surface area contributed by atoms with Crippen LogP contribution in [0.15, 0.2) is 52.8 Å². The maximum atomic E-state index is 13.2. The van der Waals surface area contributed by atoms with Gasteiger partial charge in [0.05, 0.1) is 32.6 Å². The van der Waals surface area contributed by atoms with Crippen molar-refractivity contribution in [1.29, 1.82) is 0 Å². The van der Waals surface area contributed by atoms with Crippen molar-refractivity contribution >= 4 is 11.9 Å². The standard InChI is InChI=1S/C25H23NO6/c1-15-24-17(12-26(14-31-24)13-19-5-4-8-30-19)9-20-23(27)22(32-25(15)20)10-16-6-7-18(28-2)11-21(16)29-3/h4-11H,12-14H2,1-3H3/b22-10-. The molecule has 2 aliphatic heterocycles. The van der Waals surface area contributed by atoms with Gasteiger partial charge in [0.1, 0.15) is 35.5 Å². The van der Waals surface area contributed by atoms with E-state index in [4.69, 9.17) is 23.4 Å². The molecular weight excluding hydrogens is 410 g/mol. The number of ketones is 1. The van der Waals surface area contributed by atoms with Crippen molar-refractivity contribution in [2.75, 3.05) is 21.0 Å². The summed E-state index contributed by atoms with van der Waals surface area (Å²) in [4.78, 5) is 15.3. The van der Waals surface area contributed by atoms with E-state index in [1.165, 1.54) is 0 Å². The maximum absolute atomic E-state index is 13.2. The van der Waals surface area contributed by atoms with Crippen molar-refractivity contribution in [2.45, 2.75) is 20.0 Å². The molecule has 0 unspecified atom stereocenters. The highest BCUT2D eigenvalue weighted by molar-refractivity contribution is 6.15. The second-order valence-electron chi connectivity index (χ2n) is 7.75. The minimum Gasteiger partial charge on any atom is -0.497 e. The number of furan rings is 1. The second kappa shape index (κ2) is 8.09. The first-order valence-corrected chi connectivity index (χ1v) is 10.3. The van der Waals surface area contributed by atoms with Crippen molar-refractivity contribution in [1.82, 2.24) is 4.90 Å². The van der Waals surface area contributed by atoms with Crippen LogP contribution in [0.1, 0.15) is 32.8 Å². The summed E-state index contributed by atoms with van der Waals surface area (Å²) >= 11 is 0. The number of carbonyl (C=O) groups is 1. The second-order valence-corrected chi connectivity index (χ2v) is 7.75. The monoisotopic (exact) mass is 433 g/mol. The summed E-state index contributed by atoms with van der Waals surface area (Å²) < 4.78 is 28.2. The van der Waals surface area contributed by atoms with Gasteiger partial charge in [-0.25, -0.2) is 0 Å². The number of allylic oxidation sites excluding steroid dienone is 1. The smallest absolute Gasteiger partial charge is 0.231 e. The fraction of sp³-hybridized carbons (Fsp3) is 0.240. The summed E-state index contributed by atoms with van der Waals surface area (Å²) in [7, 11) is 3.17. The summed E-state index contributed by atoms with van der Waals surface area (Å²) in [6, 6.07) is 11.1. The molecule has 2 aliphatic rings. The van der Waals surface area contributed by atoms with Crippen LogP contribution in [0.4, 0.5) is 0 Å². The molecule has 2 aromatic carbocycles. The minimum atomic E-state index is -0.160. The third-order valence-corrected chi connectivity index (χ3v) is 5.69. The van der Waals surface area contributed by atoms with Crippen LogP contribution in [-0.2, 0) is 13.1 Å². The Morgan fingerprint density at radius 2 is 2.00 bits per heavy atom. The number of rotatable bonds is 5. The first-order chi connectivity index (χ1) is 15.6. The van der Waals surface area contributed by atoms with Gasteiger partial charge in [0.25, 0.3) is 0 Å². The van der Waals surface area contributed by atoms with Crippen LogP contribution >= 0.6 is 0 Å². The Labute approximate surface area is 185 Å². The van der Waals surface area contributed by atoms with Gasteiger partial charge in [0, 0.05) is 29.3 Å². The fourth-order valence-corrected chi connectivity index (χ4v) is 4.10. The molecule has 0 radical (unpaired) electrons. The molecule has 0 N–H and O–H groups in total. The van der Waals surface area contributed by atoms with Crippen LogP contribution in [0.25, 0.3) is 6.08 Å². The van der Waals surface area contributed by atoms with Crippen LogP contribution in [0.3, 0.4) is 0 Å². The van der Waals surface area contributed by atoms with Gasteiger partial charge < -0.3 is 23.4 Å². The molecular formula is C25H23NO6. The molecule has 0 amide bonds. The van der Waals surface area contributed by atoms with Gasteiger partial charge >= 0.3 is 0 Å². The topological polar surface area (TPSA) is 70.4 Å². The van der Waals surface area contributed by atoms with E-state index < -0.39 is 0 Å². The van der Waals surface area contributed by atoms with Crippen molar-refractivity contribution in [3.8, 4) is 23.0 Å². The van der Waals surface area contributed by atoms with Gasteiger partial charge in [-0.1, -0.05) is 0 Å². The molecule has 0 spiro atoms. The Morgan fingerprint density at radius 1 is 1.12 bits per heavy atom. The highest BCUT2D eigenvalue weighted by Crippen LogP contribution is 2.43. The number of benzene rings is 2. The molecule has 7 nitrogen and oxygen atoms in total. The number of methoxy groups -OCH3 is 2. The van der Waals surface area contributed by atoms with E-state index in [0.29, 0.717) is 42.6 Å². The lowest BCUT2D eigenvalue weighted by molar-refractivity contribution is 0.0813. The summed E-state index contributed by atoms with van der Waals surface area (Å²) in [5.41, 5.74) is 3.06. The first-order valence-electron chi connectivity index (χ1n) is 10.3. The Kier molecular flexibility index (Phi) is 5.11. The van der Waals surface area contributed by atoms with Crippen LogP contribution in [0.5, 0.6) is 23.0 Å². The molecule has 1 aromatic heterocycles. The Morgan fingerprint density at radius 3 is 2.75 bits per heavy atom. The summed E-state index contributed by atoms with van der Waals surface area (Å²) in [5, 5.41) is 0. The van der Waals surface area contributed by atoms with E-state index >= 15 is 0 Å². The molecule has 5 rings (SSSR count). The van der Waals surface area contributed by atoms with Crippen molar-refractivity contribution in [2.24, 2.45) is 0 Å². The molecule has 7 heteroatoms. The highest BCUT2D eigenvalue weighted by Gasteiger charge is 2.34. The molecule has 164 valence electrons. The van der Waals surface area contributed by atoms with E-state index in [0.717, 1.165) is 28.2 Å². The molecule has 0 saturated heterocycles. The molecule has 0 aliphatic carbocycles. The number of hydrogen-bond acceptors (Lipinski definition) is 7. The third-order valence-electron chi connectivity index (χ3n) is 5.69. The van der Waals surface area contributed by atoms with E-state index in [1.807, 2.05) is 37.3 Å². The summed E-state index contributed by atoms with van der Waals surface area (Å²) in [6.07, 6.45) is 3.36. The highest BCUT2D eigenvalue weighted by atomic mass is 16.5. The number of hydrogen-bond donors (Lipinski definition) is 0. The molecule has 0 atom stereocenters. The lowest BCUT2D eigenvalue weighted by atomic mass is 10.00. The maximum Gasteiger partial charge on any atom is 0.231 e. The zero-order valence-corrected chi connectivity index (χ0v) is 18.1. The molecule has 3 heterocycles. The zero-order valence-electron chi connectivity index (χ0n) is 18.1. The number of carbonyl (C=O) groups excluding carboxylic acids is 1. The van der Waals surface area contributed by atoms with Gasteiger partial charge in [0.15, 0.2) is 5.76 Å². The van der Waals surface area contributed by atoms with Crippen LogP contribution in [0, 0.1) is 6.92 Å². The van der Waals surface area contributed by atoms with Crippen molar-refractivity contribution in [3.05, 3.63) is 76.4 Å². The van der Waals surface area contributed by atoms with E-state index in [2.05, 4.69) is 4.90 Å². The third kappa shape index (κ3) is 3.50. The van der Waals surface area contributed by atoms with E-state index in [9.17, 15) is 4.79 Å². The normalized spacial score (nSPS) is 16.3. The quantitative estimate of drug-likeness (QED) is 0.546. The fourth-order valence-electron chi connectivity index (χ4n) is 4.10. The average molecular weight is 433 g/mol. The molecule has 0 fully saturated rings. The van der Waals surface area contributed by atoms with Gasteiger partial charge in [-0.2, -0.15) is 0 Å². The molecule has 32 heavy (non-hydrogen) atoms. The summed E-state index contributed by atoms with van der Waals surface area (Å²) in [6.45, 7) is 3.65. The summed E-state index contributed by atoms with van der Waals surface area (Å²) in [5.74, 6) is 3.55. The lowest BCUT2D eigenvalue weighted by Gasteiger charge is -2.29. The number of fused-ring (bicyclic) bond motifs is 2. The predicted molar refractivity (Wildman–Crippen MR) is 117 cm³/mol. The minimum absolute atomic E-state index is 0.160. The van der Waals surface area contributed by atoms with Gasteiger partial charge in [-0.3, -0.25) is 9.69 Å². The Hall–Kier alpha value is -3.71. The number of ether oxygens (including phenoxy) is 4. The van der Waals surface area contributed by atoms with E-state index in [1.54, 1.807) is 32.6 Å². The molecule has 3 aromatic rings. The number of Topliss-reactive ketones (excluding diaryl/α,β-unsaturated/α-hetero) is 1. The molecule has 0 bridgehead atoms. The lowest BCUT2D eigenvalue weighted by Crippen LogP contribution is -2.31. The van der Waals surface area contributed by atoms with Crippen LogP contribution < -0.4 is 18.9 Å². The average Bonchev–Trinajstić information content (AvgIpc) is 3.43. The SMILES string of the molecule is COc1ccc(/C=C2\Oc3c(cc4c(c3C)OCN(Cc3ccco3)C4)C2=O)c(OC)c1. The number of nitrogens with zero attached hydrogens (tertiary/aromatic N) is 1. The van der Waals surface area contributed by atoms with Crippen LogP contribution in [0.2, 0.25) is 0 Å². The van der Waals surface area contributed by atoms with Crippen LogP contribution in [-0.4, -0.2) is 31.6 Å². The van der Waals surface area contributed by atoms with Gasteiger partial charge in [-0.15, -0.1) is 0 Å². The first kappa shape index (κ1) is 20.2. The Bertz CT molecular complexity index is 1210. The molecule has 0 saturated carbocycles. The largest absolute Gasteiger partial charge is 0.497 e. The van der Waals surface area contributed by atoms with Crippen molar-refractivity contribution < 1.29 is 28.2 Å². The van der Waals surface area contributed by atoms with Gasteiger partial charge in [-0.05, 0) is 43.3 Å².